The highest BCUT2D eigenvalue weighted by Crippen LogP contribution is 2.50. The Bertz CT molecular complexity index is 1490. The van der Waals surface area contributed by atoms with Gasteiger partial charge in [-0.1, -0.05) is 0 Å². The number of rotatable bonds is 6. The molecule has 0 aromatic heterocycles. The summed E-state index contributed by atoms with van der Waals surface area (Å²) in [6.45, 7) is 3.77. The first-order valence-corrected chi connectivity index (χ1v) is 10.5. The van der Waals surface area contributed by atoms with E-state index in [0.717, 1.165) is 28.4 Å². The summed E-state index contributed by atoms with van der Waals surface area (Å²) < 4.78 is 17.0. The summed E-state index contributed by atoms with van der Waals surface area (Å²) in [5.74, 6) is 0.519. The lowest BCUT2D eigenvalue weighted by Gasteiger charge is -2.22. The second-order valence-corrected chi connectivity index (χ2v) is 7.97. The van der Waals surface area contributed by atoms with Crippen LogP contribution in [0.5, 0.6) is 28.7 Å². The van der Waals surface area contributed by atoms with E-state index in [4.69, 9.17) is 14.2 Å². The largest absolute Gasteiger partial charge is 0.504 e. The van der Waals surface area contributed by atoms with Gasteiger partial charge in [0.15, 0.2) is 24.1 Å². The minimum atomic E-state index is -0.480. The summed E-state index contributed by atoms with van der Waals surface area (Å²) in [6, 6.07) is 8.59. The monoisotopic (exact) mass is 460 g/mol. The minimum absolute atomic E-state index is 0.0205. The van der Waals surface area contributed by atoms with Crippen LogP contribution in [0.1, 0.15) is 31.8 Å². The van der Waals surface area contributed by atoms with Crippen molar-refractivity contribution < 1.29 is 34.0 Å². The average Bonchev–Trinajstić information content (AvgIpc) is 2.83. The third-order valence-electron chi connectivity index (χ3n) is 6.17. The van der Waals surface area contributed by atoms with Crippen LogP contribution in [0.25, 0.3) is 32.7 Å². The van der Waals surface area contributed by atoms with Crippen LogP contribution < -0.4 is 14.2 Å². The number of hydrogen-bond acceptors (Lipinski definition) is 7. The normalized spacial score (nSPS) is 11.0. The molecule has 0 amide bonds. The molecule has 0 saturated heterocycles. The fourth-order valence-corrected chi connectivity index (χ4v) is 4.68. The molecule has 4 rings (SSSR count). The van der Waals surface area contributed by atoms with Gasteiger partial charge in [-0.2, -0.15) is 0 Å². The summed E-state index contributed by atoms with van der Waals surface area (Å²) in [6.07, 6.45) is 1.27. The van der Waals surface area contributed by atoms with Gasteiger partial charge in [0.25, 0.3) is 0 Å². The first-order chi connectivity index (χ1) is 16.3. The summed E-state index contributed by atoms with van der Waals surface area (Å²) >= 11 is 0. The Balaban J connectivity index is 2.19. The molecule has 4 aromatic rings. The number of methoxy groups -OCH3 is 3. The van der Waals surface area contributed by atoms with Crippen molar-refractivity contribution in [3.8, 4) is 39.9 Å². The number of aromatic hydroxyl groups is 2. The lowest BCUT2D eigenvalue weighted by atomic mass is 9.87. The SMILES string of the molecule is COc1ccc2c(OC)c(-c3c(C)cc4c(C=O)c(O)c(O)cc4c3OC)c(C)cc2c1C=O. The molecule has 34 heavy (non-hydrogen) atoms. The molecule has 0 aliphatic rings. The molecule has 0 atom stereocenters. The zero-order valence-corrected chi connectivity index (χ0v) is 19.5. The fourth-order valence-electron chi connectivity index (χ4n) is 4.68. The number of carbonyl (C=O) groups is 2. The summed E-state index contributed by atoms with van der Waals surface area (Å²) in [5, 5.41) is 22.8. The van der Waals surface area contributed by atoms with Crippen LogP contribution in [0.2, 0.25) is 0 Å². The van der Waals surface area contributed by atoms with Crippen LogP contribution in [-0.4, -0.2) is 44.1 Å². The van der Waals surface area contributed by atoms with Crippen molar-refractivity contribution in [2.45, 2.75) is 13.8 Å². The standard InChI is InChI=1S/C27H24O7/c1-13-8-16-15(6-7-22(32-3)19(16)11-28)26(33-4)23(13)24-14(2)9-17-18(27(24)34-5)10-21(30)25(31)20(17)12-29/h6-12,30-31H,1-5H3. The molecular weight excluding hydrogens is 436 g/mol. The number of aryl methyl sites for hydroxylation is 2. The Morgan fingerprint density at radius 2 is 1.21 bits per heavy atom. The Kier molecular flexibility index (Phi) is 5.79. The van der Waals surface area contributed by atoms with E-state index in [0.29, 0.717) is 50.8 Å². The van der Waals surface area contributed by atoms with E-state index in [1.807, 2.05) is 26.0 Å². The molecule has 4 aromatic carbocycles. The smallest absolute Gasteiger partial charge is 0.168 e. The molecule has 0 aliphatic heterocycles. The van der Waals surface area contributed by atoms with Gasteiger partial charge in [0.1, 0.15) is 17.2 Å². The number of hydrogen-bond donors (Lipinski definition) is 2. The van der Waals surface area contributed by atoms with Gasteiger partial charge in [0, 0.05) is 27.3 Å². The van der Waals surface area contributed by atoms with Crippen molar-refractivity contribution in [3.63, 3.8) is 0 Å². The molecule has 174 valence electrons. The predicted octanol–water partition coefficient (Wildman–Crippen LogP) is 5.34. The minimum Gasteiger partial charge on any atom is -0.504 e. The van der Waals surface area contributed by atoms with E-state index < -0.39 is 11.5 Å². The Labute approximate surface area is 196 Å². The third kappa shape index (κ3) is 3.20. The molecule has 0 radical (unpaired) electrons. The van der Waals surface area contributed by atoms with Crippen LogP contribution in [0.3, 0.4) is 0 Å². The molecule has 7 heteroatoms. The van der Waals surface area contributed by atoms with E-state index >= 15 is 0 Å². The third-order valence-corrected chi connectivity index (χ3v) is 6.17. The van der Waals surface area contributed by atoms with Gasteiger partial charge >= 0.3 is 0 Å². The van der Waals surface area contributed by atoms with Crippen molar-refractivity contribution in [1.29, 1.82) is 0 Å². The second-order valence-electron chi connectivity index (χ2n) is 7.97. The molecule has 0 heterocycles. The van der Waals surface area contributed by atoms with Gasteiger partial charge in [-0.25, -0.2) is 0 Å². The first kappa shape index (κ1) is 22.9. The number of aldehydes is 2. The van der Waals surface area contributed by atoms with E-state index in [1.54, 1.807) is 19.2 Å². The number of fused-ring (bicyclic) bond motifs is 2. The van der Waals surface area contributed by atoms with Crippen LogP contribution in [0.15, 0.2) is 30.3 Å². The van der Waals surface area contributed by atoms with Crippen LogP contribution in [0, 0.1) is 13.8 Å². The van der Waals surface area contributed by atoms with Crippen molar-refractivity contribution in [2.75, 3.05) is 21.3 Å². The Morgan fingerprint density at radius 3 is 1.71 bits per heavy atom. The van der Waals surface area contributed by atoms with Crippen LogP contribution >= 0.6 is 0 Å². The van der Waals surface area contributed by atoms with E-state index in [1.165, 1.54) is 20.3 Å². The van der Waals surface area contributed by atoms with Crippen molar-refractivity contribution in [1.82, 2.24) is 0 Å². The molecule has 0 bridgehead atoms. The maximum absolute atomic E-state index is 11.9. The van der Waals surface area contributed by atoms with Crippen molar-refractivity contribution in [3.05, 3.63) is 52.6 Å². The van der Waals surface area contributed by atoms with Gasteiger partial charge in [-0.05, 0) is 60.7 Å². The van der Waals surface area contributed by atoms with E-state index in [9.17, 15) is 19.8 Å². The Morgan fingerprint density at radius 1 is 0.676 bits per heavy atom. The fraction of sp³-hybridized carbons (Fsp3) is 0.185. The highest BCUT2D eigenvalue weighted by Gasteiger charge is 2.25. The van der Waals surface area contributed by atoms with Gasteiger partial charge in [0.05, 0.1) is 32.5 Å². The molecule has 0 unspecified atom stereocenters. The van der Waals surface area contributed by atoms with Crippen molar-refractivity contribution >= 4 is 34.1 Å². The number of carbonyl (C=O) groups excluding carboxylic acids is 2. The number of ether oxygens (including phenoxy) is 3. The molecule has 0 aliphatic carbocycles. The topological polar surface area (TPSA) is 102 Å². The average molecular weight is 460 g/mol. The van der Waals surface area contributed by atoms with E-state index in [-0.39, 0.29) is 5.56 Å². The highest BCUT2D eigenvalue weighted by molar-refractivity contribution is 6.11. The maximum atomic E-state index is 11.9. The number of phenolic OH excluding ortho intramolecular Hbond substituents is 2. The zero-order chi connectivity index (χ0) is 24.7. The summed E-state index contributed by atoms with van der Waals surface area (Å²) in [4.78, 5) is 23.6. The summed E-state index contributed by atoms with van der Waals surface area (Å²) in [5.41, 5.74) is 3.44. The van der Waals surface area contributed by atoms with Gasteiger partial charge in [0.2, 0.25) is 0 Å². The molecular formula is C27H24O7. The molecule has 0 spiro atoms. The van der Waals surface area contributed by atoms with Crippen LogP contribution in [0.4, 0.5) is 0 Å². The maximum Gasteiger partial charge on any atom is 0.168 e. The molecule has 7 nitrogen and oxygen atoms in total. The van der Waals surface area contributed by atoms with E-state index in [2.05, 4.69) is 0 Å². The number of benzene rings is 4. The lowest BCUT2D eigenvalue weighted by Crippen LogP contribution is -2.01. The first-order valence-electron chi connectivity index (χ1n) is 10.5. The van der Waals surface area contributed by atoms with Gasteiger partial charge in [-0.15, -0.1) is 0 Å². The molecule has 0 saturated carbocycles. The second kappa shape index (κ2) is 8.59. The predicted molar refractivity (Wildman–Crippen MR) is 130 cm³/mol. The molecule has 2 N–H and O–H groups in total. The Hall–Kier alpha value is -4.26. The lowest BCUT2D eigenvalue weighted by molar-refractivity contribution is 0.111. The summed E-state index contributed by atoms with van der Waals surface area (Å²) in [7, 11) is 4.57. The van der Waals surface area contributed by atoms with Crippen LogP contribution in [-0.2, 0) is 0 Å². The number of phenols is 2. The molecule has 0 fully saturated rings. The van der Waals surface area contributed by atoms with Crippen molar-refractivity contribution in [2.24, 2.45) is 0 Å². The van der Waals surface area contributed by atoms with Gasteiger partial charge < -0.3 is 24.4 Å². The van der Waals surface area contributed by atoms with Gasteiger partial charge in [-0.3, -0.25) is 9.59 Å². The highest BCUT2D eigenvalue weighted by atomic mass is 16.5. The zero-order valence-electron chi connectivity index (χ0n) is 19.5. The quantitative estimate of drug-likeness (QED) is 0.296.